The molecule has 2 aromatic rings. The third kappa shape index (κ3) is 4.96. The van der Waals surface area contributed by atoms with E-state index in [-0.39, 0.29) is 24.2 Å². The Kier molecular flexibility index (Phi) is 5.69. The molecule has 0 fully saturated rings. The van der Waals surface area contributed by atoms with Crippen molar-refractivity contribution in [2.75, 3.05) is 12.4 Å². The average Bonchev–Trinajstić information content (AvgIpc) is 2.99. The molecule has 1 N–H and O–H groups in total. The monoisotopic (exact) mass is 365 g/mol. The van der Waals surface area contributed by atoms with Crippen LogP contribution in [0.15, 0.2) is 34.9 Å². The van der Waals surface area contributed by atoms with Crippen LogP contribution in [0.1, 0.15) is 37.2 Å². The molecule has 0 bridgehead atoms. The smallest absolute Gasteiger partial charge is 0.360 e. The maximum atomic E-state index is 12.7. The van der Waals surface area contributed by atoms with E-state index >= 15 is 0 Å². The van der Waals surface area contributed by atoms with E-state index in [1.165, 1.54) is 13.4 Å². The number of halogens is 1. The number of esters is 1. The number of carbonyl (C=O) groups excluding carboxylic acids is 2. The number of rotatable bonds is 4. The van der Waals surface area contributed by atoms with Crippen LogP contribution >= 0.6 is 11.6 Å². The molecule has 8 heteroatoms. The molecule has 1 aromatic heterocycles. The van der Waals surface area contributed by atoms with Crippen molar-refractivity contribution in [1.29, 1.82) is 0 Å². The van der Waals surface area contributed by atoms with Gasteiger partial charge in [-0.3, -0.25) is 0 Å². The summed E-state index contributed by atoms with van der Waals surface area (Å²) in [5.41, 5.74) is 0.124. The Morgan fingerprint density at radius 1 is 1.36 bits per heavy atom. The number of oxazole rings is 1. The number of hydrogen-bond donors (Lipinski definition) is 1. The summed E-state index contributed by atoms with van der Waals surface area (Å²) in [6, 6.07) is 6.52. The predicted molar refractivity (Wildman–Crippen MR) is 93.6 cm³/mol. The second kappa shape index (κ2) is 7.57. The maximum Gasteiger partial charge on any atom is 0.360 e. The van der Waals surface area contributed by atoms with Crippen LogP contribution in [0.25, 0.3) is 0 Å². The van der Waals surface area contributed by atoms with Gasteiger partial charge >= 0.3 is 12.0 Å². The number of anilines is 1. The highest BCUT2D eigenvalue weighted by Gasteiger charge is 2.28. The minimum absolute atomic E-state index is 0.0570. The first-order valence-corrected chi connectivity index (χ1v) is 7.95. The third-order valence-corrected chi connectivity index (χ3v) is 3.61. The molecule has 0 spiro atoms. The Bertz CT molecular complexity index is 767. The number of amides is 2. The molecule has 2 rings (SSSR count). The van der Waals surface area contributed by atoms with Gasteiger partial charge in [0.05, 0.1) is 13.7 Å². The van der Waals surface area contributed by atoms with Crippen molar-refractivity contribution in [2.45, 2.75) is 32.9 Å². The van der Waals surface area contributed by atoms with Crippen LogP contribution in [-0.2, 0) is 11.3 Å². The third-order valence-electron chi connectivity index (χ3n) is 3.37. The van der Waals surface area contributed by atoms with Crippen LogP contribution in [0.3, 0.4) is 0 Å². The van der Waals surface area contributed by atoms with Gasteiger partial charge in [0.1, 0.15) is 6.26 Å². The second-order valence-electron chi connectivity index (χ2n) is 6.32. The van der Waals surface area contributed by atoms with E-state index < -0.39 is 11.5 Å². The first-order chi connectivity index (χ1) is 11.7. The minimum atomic E-state index is -0.597. The van der Waals surface area contributed by atoms with Gasteiger partial charge in [0, 0.05) is 16.2 Å². The van der Waals surface area contributed by atoms with Gasteiger partial charge in [-0.2, -0.15) is 0 Å². The topological polar surface area (TPSA) is 84.7 Å². The lowest BCUT2D eigenvalue weighted by Crippen LogP contribution is -2.47. The first kappa shape index (κ1) is 18.8. The normalized spacial score (nSPS) is 11.1. The van der Waals surface area contributed by atoms with E-state index in [2.05, 4.69) is 15.0 Å². The lowest BCUT2D eigenvalue weighted by atomic mass is 10.1. The summed E-state index contributed by atoms with van der Waals surface area (Å²) in [6.07, 6.45) is 1.21. The van der Waals surface area contributed by atoms with Crippen LogP contribution in [-0.4, -0.2) is 34.5 Å². The Labute approximate surface area is 150 Å². The van der Waals surface area contributed by atoms with E-state index in [1.807, 2.05) is 20.8 Å². The molecule has 1 heterocycles. The van der Waals surface area contributed by atoms with Gasteiger partial charge in [-0.25, -0.2) is 14.6 Å². The molecule has 1 aromatic carbocycles. The molecule has 0 aliphatic carbocycles. The molecule has 25 heavy (non-hydrogen) atoms. The van der Waals surface area contributed by atoms with Crippen LogP contribution in [0, 0.1) is 0 Å². The second-order valence-corrected chi connectivity index (χ2v) is 6.75. The quantitative estimate of drug-likeness (QED) is 0.829. The highest BCUT2D eigenvalue weighted by atomic mass is 35.5. The van der Waals surface area contributed by atoms with Crippen LogP contribution < -0.4 is 5.32 Å². The fraction of sp³-hybridized carbons (Fsp3) is 0.353. The number of carbonyl (C=O) groups is 2. The molecule has 134 valence electrons. The van der Waals surface area contributed by atoms with E-state index in [0.29, 0.717) is 10.7 Å². The molecule has 0 aliphatic rings. The fourth-order valence-corrected chi connectivity index (χ4v) is 2.28. The largest absolute Gasteiger partial charge is 0.464 e. The number of urea groups is 1. The van der Waals surface area contributed by atoms with Gasteiger partial charge < -0.3 is 19.4 Å². The molecule has 0 unspecified atom stereocenters. The molecular weight excluding hydrogens is 346 g/mol. The molecule has 0 aliphatic heterocycles. The van der Waals surface area contributed by atoms with Crippen molar-refractivity contribution in [1.82, 2.24) is 9.88 Å². The maximum absolute atomic E-state index is 12.7. The number of aromatic nitrogens is 1. The van der Waals surface area contributed by atoms with E-state index in [4.69, 9.17) is 16.0 Å². The highest BCUT2D eigenvalue weighted by molar-refractivity contribution is 6.30. The van der Waals surface area contributed by atoms with Crippen LogP contribution in [0.4, 0.5) is 10.5 Å². The van der Waals surface area contributed by atoms with Gasteiger partial charge in [0.2, 0.25) is 5.89 Å². The number of hydrogen-bond acceptors (Lipinski definition) is 5. The summed E-state index contributed by atoms with van der Waals surface area (Å²) >= 11 is 5.94. The number of ether oxygens (including phenoxy) is 1. The first-order valence-electron chi connectivity index (χ1n) is 7.57. The van der Waals surface area contributed by atoms with Gasteiger partial charge in [-0.05, 0) is 39.0 Å². The summed E-state index contributed by atoms with van der Waals surface area (Å²) in [5.74, 6) is -0.364. The van der Waals surface area contributed by atoms with Gasteiger partial charge in [-0.1, -0.05) is 17.7 Å². The van der Waals surface area contributed by atoms with Crippen molar-refractivity contribution >= 4 is 29.3 Å². The molecular formula is C17H20ClN3O4. The van der Waals surface area contributed by atoms with E-state index in [0.717, 1.165) is 0 Å². The molecule has 0 saturated heterocycles. The number of benzene rings is 1. The van der Waals surface area contributed by atoms with Crippen molar-refractivity contribution < 1.29 is 18.7 Å². The summed E-state index contributed by atoms with van der Waals surface area (Å²) in [5, 5.41) is 3.32. The van der Waals surface area contributed by atoms with Gasteiger partial charge in [0.25, 0.3) is 0 Å². The zero-order chi connectivity index (χ0) is 18.6. The Balaban J connectivity index is 2.17. The summed E-state index contributed by atoms with van der Waals surface area (Å²) in [7, 11) is 1.26. The van der Waals surface area contributed by atoms with Gasteiger partial charge in [-0.15, -0.1) is 0 Å². The van der Waals surface area contributed by atoms with Crippen molar-refractivity contribution in [3.63, 3.8) is 0 Å². The minimum Gasteiger partial charge on any atom is -0.464 e. The van der Waals surface area contributed by atoms with Crippen molar-refractivity contribution in [3.8, 4) is 0 Å². The number of nitrogens with zero attached hydrogens (tertiary/aromatic N) is 2. The zero-order valence-corrected chi connectivity index (χ0v) is 15.3. The van der Waals surface area contributed by atoms with Crippen molar-refractivity contribution in [2.24, 2.45) is 0 Å². The Hall–Kier alpha value is -2.54. The van der Waals surface area contributed by atoms with Crippen LogP contribution in [0.5, 0.6) is 0 Å². The summed E-state index contributed by atoms with van der Waals surface area (Å²) in [4.78, 5) is 29.7. The molecule has 0 saturated carbocycles. The van der Waals surface area contributed by atoms with Crippen molar-refractivity contribution in [3.05, 3.63) is 47.1 Å². The van der Waals surface area contributed by atoms with Crippen LogP contribution in [0.2, 0.25) is 5.02 Å². The summed E-state index contributed by atoms with van der Waals surface area (Å²) in [6.45, 7) is 5.74. The molecule has 0 radical (unpaired) electrons. The number of nitrogens with one attached hydrogen (secondary N) is 1. The van der Waals surface area contributed by atoms with E-state index in [9.17, 15) is 9.59 Å². The average molecular weight is 366 g/mol. The highest BCUT2D eigenvalue weighted by Crippen LogP contribution is 2.21. The Morgan fingerprint density at radius 3 is 2.68 bits per heavy atom. The lowest BCUT2D eigenvalue weighted by Gasteiger charge is -2.34. The molecule has 2 amide bonds. The van der Waals surface area contributed by atoms with Gasteiger partial charge in [0.15, 0.2) is 5.69 Å². The fourth-order valence-electron chi connectivity index (χ4n) is 2.09. The number of methoxy groups -OCH3 is 1. The Morgan fingerprint density at radius 2 is 2.08 bits per heavy atom. The predicted octanol–water partition coefficient (Wildman–Crippen LogP) is 3.95. The molecule has 7 nitrogen and oxygen atoms in total. The summed E-state index contributed by atoms with van der Waals surface area (Å²) < 4.78 is 9.87. The SMILES string of the molecule is COC(=O)c1coc(CN(C(=O)Nc2cccc(Cl)c2)C(C)(C)C)n1. The molecule has 0 atom stereocenters. The van der Waals surface area contributed by atoms with E-state index in [1.54, 1.807) is 29.2 Å². The standard InChI is InChI=1S/C17H20ClN3O4/c1-17(2,3)21(9-14-20-13(10-25-14)15(22)24-4)16(23)19-12-7-5-6-11(18)8-12/h5-8,10H,9H2,1-4H3,(H,19,23). The zero-order valence-electron chi connectivity index (χ0n) is 14.5. The lowest BCUT2D eigenvalue weighted by molar-refractivity contribution is 0.0594.